The summed E-state index contributed by atoms with van der Waals surface area (Å²) in [5.41, 5.74) is 0.298. The average Bonchev–Trinajstić information content (AvgIpc) is 3.11. The molecule has 1 unspecified atom stereocenters. The lowest BCUT2D eigenvalue weighted by molar-refractivity contribution is -0.120. The van der Waals surface area contributed by atoms with Gasteiger partial charge in [-0.15, -0.1) is 5.10 Å². The molecule has 0 saturated carbocycles. The molecule has 0 aliphatic carbocycles. The van der Waals surface area contributed by atoms with Gasteiger partial charge in [-0.1, -0.05) is 0 Å². The number of ether oxygens (including phenoxy) is 2. The first-order valence-electron chi connectivity index (χ1n) is 6.84. The lowest BCUT2D eigenvalue weighted by Crippen LogP contribution is -2.39. The zero-order chi connectivity index (χ0) is 15.2. The van der Waals surface area contributed by atoms with Crippen molar-refractivity contribution in [1.29, 1.82) is 0 Å². The fourth-order valence-corrected chi connectivity index (χ4v) is 2.13. The van der Waals surface area contributed by atoms with E-state index in [4.69, 9.17) is 9.47 Å². The van der Waals surface area contributed by atoms with E-state index in [2.05, 4.69) is 15.7 Å². The fourth-order valence-electron chi connectivity index (χ4n) is 2.13. The molecule has 1 aliphatic rings. The van der Waals surface area contributed by atoms with Crippen LogP contribution in [0.2, 0.25) is 0 Å². The Labute approximate surface area is 122 Å². The van der Waals surface area contributed by atoms with Crippen molar-refractivity contribution in [1.82, 2.24) is 20.4 Å². The summed E-state index contributed by atoms with van der Waals surface area (Å²) < 4.78 is 11.9. The number of amides is 2. The first kappa shape index (κ1) is 15.3. The normalized spacial score (nSPS) is 17.5. The van der Waals surface area contributed by atoms with Crippen molar-refractivity contribution in [2.45, 2.75) is 18.9 Å². The number of hydrogen-bond donors (Lipinski definition) is 2. The van der Waals surface area contributed by atoms with Crippen molar-refractivity contribution < 1.29 is 19.1 Å². The van der Waals surface area contributed by atoms with Crippen molar-refractivity contribution >= 4 is 11.8 Å². The van der Waals surface area contributed by atoms with E-state index in [1.54, 1.807) is 13.2 Å². The summed E-state index contributed by atoms with van der Waals surface area (Å²) in [5, 5.41) is 9.25. The first-order chi connectivity index (χ1) is 10.1. The van der Waals surface area contributed by atoms with Crippen LogP contribution >= 0.6 is 0 Å². The summed E-state index contributed by atoms with van der Waals surface area (Å²) in [6.07, 6.45) is 3.61. The van der Waals surface area contributed by atoms with Crippen molar-refractivity contribution in [3.05, 3.63) is 11.8 Å². The third-order valence-electron chi connectivity index (χ3n) is 3.19. The Morgan fingerprint density at radius 3 is 3.00 bits per heavy atom. The van der Waals surface area contributed by atoms with Crippen molar-refractivity contribution in [2.24, 2.45) is 7.05 Å². The van der Waals surface area contributed by atoms with Crippen LogP contribution in [0.15, 0.2) is 6.20 Å². The van der Waals surface area contributed by atoms with Gasteiger partial charge in [0.15, 0.2) is 0 Å². The molecule has 0 radical (unpaired) electrons. The minimum atomic E-state index is -0.396. The molecule has 1 aromatic heterocycles. The van der Waals surface area contributed by atoms with Gasteiger partial charge < -0.3 is 20.1 Å². The molecule has 1 atom stereocenters. The number of aromatic nitrogens is 2. The Hall–Kier alpha value is -2.09. The van der Waals surface area contributed by atoms with Crippen LogP contribution in [0.4, 0.5) is 0 Å². The second kappa shape index (κ2) is 7.07. The largest absolute Gasteiger partial charge is 0.479 e. The smallest absolute Gasteiger partial charge is 0.258 e. The predicted octanol–water partition coefficient (Wildman–Crippen LogP) is -0.546. The highest BCUT2D eigenvalue weighted by Gasteiger charge is 2.18. The molecule has 0 aromatic carbocycles. The second-order valence-corrected chi connectivity index (χ2v) is 4.85. The van der Waals surface area contributed by atoms with E-state index in [1.165, 1.54) is 11.8 Å². The van der Waals surface area contributed by atoms with Gasteiger partial charge in [-0.2, -0.15) is 0 Å². The summed E-state index contributed by atoms with van der Waals surface area (Å²) in [6.45, 7) is 1.13. The van der Waals surface area contributed by atoms with Gasteiger partial charge in [0.05, 0.1) is 19.8 Å². The molecular formula is C13H20N4O4. The van der Waals surface area contributed by atoms with Crippen LogP contribution in [0.1, 0.15) is 23.2 Å². The molecule has 1 fully saturated rings. The highest BCUT2D eigenvalue weighted by atomic mass is 16.5. The van der Waals surface area contributed by atoms with Crippen LogP contribution in [0.3, 0.4) is 0 Å². The Kier molecular flexibility index (Phi) is 5.15. The second-order valence-electron chi connectivity index (χ2n) is 4.85. The van der Waals surface area contributed by atoms with E-state index in [-0.39, 0.29) is 24.4 Å². The molecule has 2 heterocycles. The van der Waals surface area contributed by atoms with Gasteiger partial charge in [0.1, 0.15) is 5.56 Å². The standard InChI is InChI=1S/C13H20N4O4/c1-17-8-10(13(16-17)20-2)12(19)15-7-11(18)14-6-9-4-3-5-21-9/h8-9H,3-7H2,1-2H3,(H,14,18)(H,15,19). The molecule has 1 aromatic rings. The Bertz CT molecular complexity index is 508. The minimum Gasteiger partial charge on any atom is -0.479 e. The Morgan fingerprint density at radius 2 is 2.33 bits per heavy atom. The number of nitrogens with one attached hydrogen (secondary N) is 2. The number of aryl methyl sites for hydroxylation is 1. The van der Waals surface area contributed by atoms with Crippen LogP contribution in [0, 0.1) is 0 Å². The number of carbonyl (C=O) groups excluding carboxylic acids is 2. The van der Waals surface area contributed by atoms with E-state index in [9.17, 15) is 9.59 Å². The monoisotopic (exact) mass is 296 g/mol. The molecule has 2 N–H and O–H groups in total. The summed E-state index contributed by atoms with van der Waals surface area (Å²) >= 11 is 0. The molecule has 2 rings (SSSR count). The van der Waals surface area contributed by atoms with Gasteiger partial charge in [0.25, 0.3) is 5.91 Å². The maximum atomic E-state index is 12.0. The summed E-state index contributed by atoms with van der Waals surface area (Å²) in [4.78, 5) is 23.6. The van der Waals surface area contributed by atoms with Crippen LogP contribution < -0.4 is 15.4 Å². The van der Waals surface area contributed by atoms with E-state index in [0.717, 1.165) is 19.4 Å². The predicted molar refractivity (Wildman–Crippen MR) is 74.1 cm³/mol. The summed E-state index contributed by atoms with van der Waals surface area (Å²) in [5.74, 6) is -0.413. The van der Waals surface area contributed by atoms with E-state index in [0.29, 0.717) is 12.1 Å². The van der Waals surface area contributed by atoms with Crippen LogP contribution in [0.25, 0.3) is 0 Å². The molecule has 0 bridgehead atoms. The van der Waals surface area contributed by atoms with Gasteiger partial charge >= 0.3 is 0 Å². The van der Waals surface area contributed by atoms with Crippen LogP contribution in [-0.4, -0.2) is 54.5 Å². The molecule has 21 heavy (non-hydrogen) atoms. The zero-order valence-electron chi connectivity index (χ0n) is 12.2. The van der Waals surface area contributed by atoms with Crippen LogP contribution in [0.5, 0.6) is 5.88 Å². The van der Waals surface area contributed by atoms with Crippen molar-refractivity contribution in [3.8, 4) is 5.88 Å². The third kappa shape index (κ3) is 4.19. The van der Waals surface area contributed by atoms with Gasteiger partial charge in [0, 0.05) is 26.4 Å². The molecule has 116 valence electrons. The first-order valence-corrected chi connectivity index (χ1v) is 6.84. The van der Waals surface area contributed by atoms with Gasteiger partial charge in [-0.25, -0.2) is 0 Å². The van der Waals surface area contributed by atoms with E-state index in [1.807, 2.05) is 0 Å². The van der Waals surface area contributed by atoms with Crippen molar-refractivity contribution in [2.75, 3.05) is 26.8 Å². The van der Waals surface area contributed by atoms with Gasteiger partial charge in [-0.05, 0) is 12.8 Å². The minimum absolute atomic E-state index is 0.0862. The maximum Gasteiger partial charge on any atom is 0.258 e. The van der Waals surface area contributed by atoms with Gasteiger partial charge in [0.2, 0.25) is 11.8 Å². The maximum absolute atomic E-state index is 12.0. The highest BCUT2D eigenvalue weighted by Crippen LogP contribution is 2.14. The van der Waals surface area contributed by atoms with E-state index >= 15 is 0 Å². The Balaban J connectivity index is 1.76. The lowest BCUT2D eigenvalue weighted by atomic mass is 10.2. The number of hydrogen-bond acceptors (Lipinski definition) is 5. The zero-order valence-corrected chi connectivity index (χ0v) is 12.2. The SMILES string of the molecule is COc1nn(C)cc1C(=O)NCC(=O)NCC1CCCO1. The van der Waals surface area contributed by atoms with E-state index < -0.39 is 5.91 Å². The third-order valence-corrected chi connectivity index (χ3v) is 3.19. The molecule has 8 heteroatoms. The topological polar surface area (TPSA) is 94.5 Å². The summed E-state index contributed by atoms with van der Waals surface area (Å²) in [7, 11) is 3.13. The molecule has 1 aliphatic heterocycles. The molecular weight excluding hydrogens is 276 g/mol. The average molecular weight is 296 g/mol. The fraction of sp³-hybridized carbons (Fsp3) is 0.615. The molecule has 0 spiro atoms. The molecule has 1 saturated heterocycles. The highest BCUT2D eigenvalue weighted by molar-refractivity contribution is 5.98. The number of rotatable bonds is 6. The molecule has 2 amide bonds. The van der Waals surface area contributed by atoms with Crippen LogP contribution in [-0.2, 0) is 16.6 Å². The number of carbonyl (C=O) groups is 2. The lowest BCUT2D eigenvalue weighted by Gasteiger charge is -2.11. The summed E-state index contributed by atoms with van der Waals surface area (Å²) in [6, 6.07) is 0. The van der Waals surface area contributed by atoms with Crippen molar-refractivity contribution in [3.63, 3.8) is 0 Å². The Morgan fingerprint density at radius 1 is 1.52 bits per heavy atom. The number of nitrogens with zero attached hydrogens (tertiary/aromatic N) is 2. The molecule has 8 nitrogen and oxygen atoms in total. The quantitative estimate of drug-likeness (QED) is 0.735. The van der Waals surface area contributed by atoms with Gasteiger partial charge in [-0.3, -0.25) is 14.3 Å². The number of methoxy groups -OCH3 is 1.